The zero-order chi connectivity index (χ0) is 25.3. The van der Waals surface area contributed by atoms with Crippen molar-refractivity contribution in [1.82, 2.24) is 4.90 Å². The third-order valence-electron chi connectivity index (χ3n) is 7.09. The van der Waals surface area contributed by atoms with E-state index in [1.807, 2.05) is 30.3 Å². The van der Waals surface area contributed by atoms with Gasteiger partial charge >= 0.3 is 0 Å². The van der Waals surface area contributed by atoms with E-state index in [-0.39, 0.29) is 21.3 Å². The summed E-state index contributed by atoms with van der Waals surface area (Å²) in [5, 5.41) is 0.322. The number of carbonyl (C=O) groups excluding carboxylic acids is 3. The molecule has 3 aromatic rings. The molecule has 2 amide bonds. The van der Waals surface area contributed by atoms with Crippen LogP contribution in [-0.2, 0) is 9.59 Å². The number of anilines is 1. The van der Waals surface area contributed by atoms with Gasteiger partial charge in [-0.1, -0.05) is 59.1 Å². The lowest BCUT2D eigenvalue weighted by Crippen LogP contribution is -2.44. The van der Waals surface area contributed by atoms with Crippen LogP contribution in [0, 0.1) is 17.7 Å². The van der Waals surface area contributed by atoms with Crippen LogP contribution in [0.2, 0.25) is 15.1 Å². The molecule has 0 bridgehead atoms. The maximum atomic E-state index is 13.9. The summed E-state index contributed by atoms with van der Waals surface area (Å²) >= 11 is 18.4. The van der Waals surface area contributed by atoms with Crippen molar-refractivity contribution in [3.63, 3.8) is 0 Å². The van der Waals surface area contributed by atoms with E-state index >= 15 is 0 Å². The summed E-state index contributed by atoms with van der Waals surface area (Å²) < 4.78 is 13.8. The van der Waals surface area contributed by atoms with Crippen LogP contribution in [0.5, 0.6) is 0 Å². The molecule has 0 radical (unpaired) electrons. The van der Waals surface area contributed by atoms with Gasteiger partial charge in [-0.15, -0.1) is 0 Å². The topological polar surface area (TPSA) is 57.7 Å². The van der Waals surface area contributed by atoms with E-state index in [1.54, 1.807) is 17.2 Å². The zero-order valence-electron chi connectivity index (χ0n) is 18.4. The van der Waals surface area contributed by atoms with Crippen LogP contribution in [0.1, 0.15) is 27.5 Å². The van der Waals surface area contributed by atoms with Crippen LogP contribution in [0.3, 0.4) is 0 Å². The Hall–Kier alpha value is -3.19. The van der Waals surface area contributed by atoms with Crippen molar-refractivity contribution in [3.8, 4) is 0 Å². The molecule has 0 saturated carbocycles. The Labute approximate surface area is 220 Å². The number of halogens is 4. The highest BCUT2D eigenvalue weighted by atomic mass is 35.5. The van der Waals surface area contributed by atoms with E-state index in [4.69, 9.17) is 34.8 Å². The van der Waals surface area contributed by atoms with Crippen LogP contribution in [0.15, 0.2) is 66.9 Å². The standard InChI is InChI=1S/C27H16Cl3FN2O3/c28-14-5-7-17(18(29)11-14)25(34)24-22-21(23-16-4-2-1-3-13(16)9-10-32(23)24)26(35)33(27(22)36)15-6-8-20(31)19(30)12-15/h1-12,21-24H/t21-,22-,23+,24+/m1/s1. The third-order valence-corrected chi connectivity index (χ3v) is 7.93. The summed E-state index contributed by atoms with van der Waals surface area (Å²) in [6.45, 7) is 0. The van der Waals surface area contributed by atoms with Gasteiger partial charge in [0.15, 0.2) is 5.78 Å². The fourth-order valence-electron chi connectivity index (χ4n) is 5.58. The van der Waals surface area contributed by atoms with Crippen molar-refractivity contribution in [2.75, 3.05) is 4.90 Å². The number of amides is 2. The number of benzene rings is 3. The molecule has 3 aliphatic rings. The van der Waals surface area contributed by atoms with Crippen LogP contribution in [0.25, 0.3) is 6.08 Å². The van der Waals surface area contributed by atoms with E-state index in [1.165, 1.54) is 24.3 Å². The number of hydrogen-bond donors (Lipinski definition) is 0. The highest BCUT2D eigenvalue weighted by Crippen LogP contribution is 2.54. The van der Waals surface area contributed by atoms with Crippen LogP contribution in [0.4, 0.5) is 10.1 Å². The zero-order valence-corrected chi connectivity index (χ0v) is 20.6. The maximum Gasteiger partial charge on any atom is 0.240 e. The highest BCUT2D eigenvalue weighted by molar-refractivity contribution is 6.37. The molecule has 3 heterocycles. The molecule has 0 aliphatic carbocycles. The molecule has 0 N–H and O–H groups in total. The van der Waals surface area contributed by atoms with Crippen molar-refractivity contribution in [2.45, 2.75) is 12.1 Å². The van der Waals surface area contributed by atoms with Gasteiger partial charge in [0.2, 0.25) is 11.8 Å². The molecule has 3 aliphatic heterocycles. The van der Waals surface area contributed by atoms with Crippen molar-refractivity contribution < 1.29 is 18.8 Å². The van der Waals surface area contributed by atoms with Crippen LogP contribution >= 0.6 is 34.8 Å². The monoisotopic (exact) mass is 540 g/mol. The van der Waals surface area contributed by atoms with Gasteiger partial charge in [-0.2, -0.15) is 0 Å². The quantitative estimate of drug-likeness (QED) is 0.293. The molecule has 36 heavy (non-hydrogen) atoms. The minimum absolute atomic E-state index is 0.160. The number of imide groups is 1. The molecule has 180 valence electrons. The van der Waals surface area contributed by atoms with E-state index < -0.39 is 47.3 Å². The Bertz CT molecular complexity index is 1510. The molecule has 3 aromatic carbocycles. The lowest BCUT2D eigenvalue weighted by molar-refractivity contribution is -0.123. The van der Waals surface area contributed by atoms with Crippen LogP contribution in [-0.4, -0.2) is 28.5 Å². The summed E-state index contributed by atoms with van der Waals surface area (Å²) in [6, 6.07) is 14.2. The lowest BCUT2D eigenvalue weighted by Gasteiger charge is -2.35. The normalized spacial score (nSPS) is 24.1. The first-order chi connectivity index (χ1) is 17.3. The molecule has 2 saturated heterocycles. The fraction of sp³-hybridized carbons (Fsp3) is 0.148. The molecule has 0 unspecified atom stereocenters. The van der Waals surface area contributed by atoms with Gasteiger partial charge in [0, 0.05) is 16.8 Å². The number of carbonyl (C=O) groups is 3. The summed E-state index contributed by atoms with van der Waals surface area (Å²) in [4.78, 5) is 44.4. The second-order valence-electron chi connectivity index (χ2n) is 8.93. The first kappa shape index (κ1) is 23.2. The SMILES string of the molecule is O=C(c1ccc(Cl)cc1Cl)[C@@H]1[C@@H]2C(=O)N(c3ccc(F)c(Cl)c3)C(=O)[C@H]2[C@@H]2c3ccccc3C=CN12. The Morgan fingerprint density at radius 2 is 1.61 bits per heavy atom. The Kier molecular flexibility index (Phi) is 5.45. The number of nitrogens with zero attached hydrogens (tertiary/aromatic N) is 2. The van der Waals surface area contributed by atoms with Gasteiger partial charge in [-0.3, -0.25) is 14.4 Å². The average Bonchev–Trinajstić information content (AvgIpc) is 3.33. The van der Waals surface area contributed by atoms with E-state index in [0.29, 0.717) is 5.02 Å². The van der Waals surface area contributed by atoms with Gasteiger partial charge < -0.3 is 4.90 Å². The molecule has 0 spiro atoms. The van der Waals surface area contributed by atoms with Gasteiger partial charge in [0.25, 0.3) is 0 Å². The molecule has 2 fully saturated rings. The predicted molar refractivity (Wildman–Crippen MR) is 136 cm³/mol. The van der Waals surface area contributed by atoms with E-state index in [9.17, 15) is 18.8 Å². The molecule has 9 heteroatoms. The van der Waals surface area contributed by atoms with Gasteiger partial charge in [0.05, 0.1) is 33.6 Å². The molecule has 4 atom stereocenters. The molecule has 5 nitrogen and oxygen atoms in total. The van der Waals surface area contributed by atoms with Crippen molar-refractivity contribution in [3.05, 3.63) is 104 Å². The molecular formula is C27H16Cl3FN2O3. The van der Waals surface area contributed by atoms with Gasteiger partial charge in [-0.05, 0) is 53.6 Å². The summed E-state index contributed by atoms with van der Waals surface area (Å²) in [6.07, 6.45) is 3.63. The second kappa shape index (κ2) is 8.44. The Morgan fingerprint density at radius 1 is 0.861 bits per heavy atom. The fourth-order valence-corrected chi connectivity index (χ4v) is 6.26. The number of ketones is 1. The first-order valence-corrected chi connectivity index (χ1v) is 12.3. The van der Waals surface area contributed by atoms with Gasteiger partial charge in [-0.25, -0.2) is 9.29 Å². The van der Waals surface area contributed by atoms with Crippen LogP contribution < -0.4 is 4.90 Å². The van der Waals surface area contributed by atoms with Gasteiger partial charge in [0.1, 0.15) is 11.9 Å². The molecular weight excluding hydrogens is 526 g/mol. The number of fused-ring (bicyclic) bond motifs is 5. The van der Waals surface area contributed by atoms with E-state index in [2.05, 4.69) is 0 Å². The summed E-state index contributed by atoms with van der Waals surface area (Å²) in [5.74, 6) is -3.89. The lowest BCUT2D eigenvalue weighted by atomic mass is 9.83. The smallest absolute Gasteiger partial charge is 0.240 e. The maximum absolute atomic E-state index is 13.9. The Balaban J connectivity index is 1.51. The molecule has 6 rings (SSSR count). The minimum Gasteiger partial charge on any atom is -0.358 e. The third kappa shape index (κ3) is 3.32. The number of Topliss-reactive ketones (excluding diaryl/α,β-unsaturated/α-hetero) is 1. The summed E-state index contributed by atoms with van der Waals surface area (Å²) in [5.41, 5.74) is 2.11. The largest absolute Gasteiger partial charge is 0.358 e. The van der Waals surface area contributed by atoms with Crippen molar-refractivity contribution in [2.24, 2.45) is 11.8 Å². The minimum atomic E-state index is -0.986. The molecule has 0 aromatic heterocycles. The summed E-state index contributed by atoms with van der Waals surface area (Å²) in [7, 11) is 0. The van der Waals surface area contributed by atoms with Crippen molar-refractivity contribution >= 4 is 64.2 Å². The Morgan fingerprint density at radius 3 is 2.36 bits per heavy atom. The number of hydrogen-bond acceptors (Lipinski definition) is 4. The van der Waals surface area contributed by atoms with Crippen molar-refractivity contribution in [1.29, 1.82) is 0 Å². The second-order valence-corrected chi connectivity index (χ2v) is 10.2. The predicted octanol–water partition coefficient (Wildman–Crippen LogP) is 6.18. The van der Waals surface area contributed by atoms with E-state index in [0.717, 1.165) is 22.1 Å². The average molecular weight is 542 g/mol. The first-order valence-electron chi connectivity index (χ1n) is 11.1. The highest BCUT2D eigenvalue weighted by Gasteiger charge is 2.64. The number of rotatable bonds is 3.